The Balaban J connectivity index is 0.000000377. The molecule has 1 atom stereocenters. The first kappa shape index (κ1) is 22.0. The highest BCUT2D eigenvalue weighted by Crippen LogP contribution is 2.56. The molecule has 30 heavy (non-hydrogen) atoms. The first-order valence-electron chi connectivity index (χ1n) is 10.2. The Bertz CT molecular complexity index is 891. The molecule has 0 bridgehead atoms. The van der Waals surface area contributed by atoms with E-state index in [0.717, 1.165) is 12.8 Å². The van der Waals surface area contributed by atoms with Gasteiger partial charge in [0, 0.05) is 6.04 Å². The van der Waals surface area contributed by atoms with Crippen LogP contribution in [0, 0.1) is 0 Å². The standard InChI is InChI=1S/C22H27NO.C2H2O4/c1-21(17-9-5-4-6-10-17)19-11-7-8-12-20(19)22(24-21)15-13-18(14-16-22)23(2)3;3-1(4)2(5)6/h4-12,18H,13-16H2,1-3H3;(H,3,4)(H,5,6). The lowest BCUT2D eigenvalue weighted by Crippen LogP contribution is -2.40. The molecule has 1 aliphatic carbocycles. The Morgan fingerprint density at radius 1 is 0.900 bits per heavy atom. The van der Waals surface area contributed by atoms with E-state index in [4.69, 9.17) is 24.5 Å². The van der Waals surface area contributed by atoms with Crippen molar-refractivity contribution in [3.05, 3.63) is 71.3 Å². The third-order valence-corrected chi connectivity index (χ3v) is 6.33. The van der Waals surface area contributed by atoms with Crippen LogP contribution in [-0.4, -0.2) is 47.2 Å². The summed E-state index contributed by atoms with van der Waals surface area (Å²) in [6.45, 7) is 2.24. The first-order valence-corrected chi connectivity index (χ1v) is 10.2. The summed E-state index contributed by atoms with van der Waals surface area (Å²) < 4.78 is 6.94. The van der Waals surface area contributed by atoms with E-state index >= 15 is 0 Å². The average Bonchev–Trinajstić information content (AvgIpc) is 2.99. The van der Waals surface area contributed by atoms with Gasteiger partial charge in [-0.3, -0.25) is 0 Å². The Morgan fingerprint density at radius 3 is 1.90 bits per heavy atom. The molecule has 2 N–H and O–H groups in total. The fraction of sp³-hybridized carbons (Fsp3) is 0.417. The number of fused-ring (bicyclic) bond motifs is 2. The van der Waals surface area contributed by atoms with Crippen LogP contribution in [0.2, 0.25) is 0 Å². The summed E-state index contributed by atoms with van der Waals surface area (Å²) >= 11 is 0. The molecule has 0 aromatic heterocycles. The summed E-state index contributed by atoms with van der Waals surface area (Å²) in [5.41, 5.74) is 3.55. The molecule has 0 radical (unpaired) electrons. The van der Waals surface area contributed by atoms with Crippen LogP contribution in [0.15, 0.2) is 54.6 Å². The summed E-state index contributed by atoms with van der Waals surface area (Å²) in [5, 5.41) is 14.8. The summed E-state index contributed by atoms with van der Waals surface area (Å²) in [7, 11) is 4.39. The lowest BCUT2D eigenvalue weighted by molar-refractivity contribution is -0.159. The van der Waals surface area contributed by atoms with Gasteiger partial charge in [-0.05, 0) is 63.4 Å². The van der Waals surface area contributed by atoms with Gasteiger partial charge in [0.2, 0.25) is 0 Å². The minimum absolute atomic E-state index is 0.117. The molecule has 2 aromatic rings. The van der Waals surface area contributed by atoms with Crippen LogP contribution in [0.1, 0.15) is 49.3 Å². The van der Waals surface area contributed by atoms with Crippen LogP contribution in [0.4, 0.5) is 0 Å². The second kappa shape index (κ2) is 8.58. The number of ether oxygens (including phenoxy) is 1. The Labute approximate surface area is 177 Å². The molecule has 2 aromatic carbocycles. The van der Waals surface area contributed by atoms with Gasteiger partial charge in [-0.25, -0.2) is 9.59 Å². The topological polar surface area (TPSA) is 87.1 Å². The van der Waals surface area contributed by atoms with Crippen molar-refractivity contribution in [3.63, 3.8) is 0 Å². The van der Waals surface area contributed by atoms with Gasteiger partial charge in [0.1, 0.15) is 5.60 Å². The molecule has 6 nitrogen and oxygen atoms in total. The van der Waals surface area contributed by atoms with Crippen LogP contribution in [-0.2, 0) is 25.5 Å². The van der Waals surface area contributed by atoms with E-state index in [0.29, 0.717) is 6.04 Å². The lowest BCUT2D eigenvalue weighted by Gasteiger charge is -2.41. The SMILES string of the molecule is CN(C)C1CCC2(CC1)OC(C)(c1ccccc1)c1ccccc12.O=C(O)C(=O)O. The van der Waals surface area contributed by atoms with Gasteiger partial charge in [0.15, 0.2) is 0 Å². The predicted molar refractivity (Wildman–Crippen MR) is 113 cm³/mol. The van der Waals surface area contributed by atoms with Crippen molar-refractivity contribution in [2.24, 2.45) is 0 Å². The Hall–Kier alpha value is -2.70. The average molecular weight is 411 g/mol. The molecular formula is C24H29NO5. The number of aliphatic carboxylic acids is 2. The number of carbonyl (C=O) groups is 2. The number of benzene rings is 2. The van der Waals surface area contributed by atoms with Crippen LogP contribution < -0.4 is 0 Å². The van der Waals surface area contributed by atoms with Crippen molar-refractivity contribution in [2.45, 2.75) is 49.9 Å². The number of hydrogen-bond acceptors (Lipinski definition) is 4. The van der Waals surface area contributed by atoms with Gasteiger partial charge in [0.25, 0.3) is 0 Å². The molecule has 0 saturated heterocycles. The Kier molecular flexibility index (Phi) is 6.29. The summed E-state index contributed by atoms with van der Waals surface area (Å²) in [5.74, 6) is -3.65. The monoisotopic (exact) mass is 411 g/mol. The van der Waals surface area contributed by atoms with E-state index in [1.165, 1.54) is 29.5 Å². The van der Waals surface area contributed by atoms with E-state index in [9.17, 15) is 0 Å². The second-order valence-corrected chi connectivity index (χ2v) is 8.35. The molecular weight excluding hydrogens is 382 g/mol. The normalized spacial score (nSPS) is 27.3. The van der Waals surface area contributed by atoms with Gasteiger partial charge < -0.3 is 19.8 Å². The molecule has 1 spiro atoms. The number of carboxylic acids is 2. The molecule has 1 heterocycles. The van der Waals surface area contributed by atoms with Gasteiger partial charge >= 0.3 is 11.9 Å². The van der Waals surface area contributed by atoms with Crippen LogP contribution in [0.5, 0.6) is 0 Å². The van der Waals surface area contributed by atoms with Crippen molar-refractivity contribution in [1.29, 1.82) is 0 Å². The van der Waals surface area contributed by atoms with Gasteiger partial charge in [-0.15, -0.1) is 0 Å². The van der Waals surface area contributed by atoms with Crippen molar-refractivity contribution in [1.82, 2.24) is 4.90 Å². The number of rotatable bonds is 2. The zero-order valence-corrected chi connectivity index (χ0v) is 17.7. The number of hydrogen-bond donors (Lipinski definition) is 2. The maximum atomic E-state index is 9.10. The molecule has 160 valence electrons. The van der Waals surface area contributed by atoms with E-state index < -0.39 is 11.9 Å². The summed E-state index contributed by atoms with van der Waals surface area (Å²) in [4.78, 5) is 20.6. The predicted octanol–water partition coefficient (Wildman–Crippen LogP) is 3.84. The highest BCUT2D eigenvalue weighted by molar-refractivity contribution is 6.27. The third kappa shape index (κ3) is 4.11. The fourth-order valence-electron chi connectivity index (χ4n) is 4.72. The minimum Gasteiger partial charge on any atom is -0.473 e. The minimum atomic E-state index is -1.82. The van der Waals surface area contributed by atoms with Crippen molar-refractivity contribution in [2.75, 3.05) is 14.1 Å². The van der Waals surface area contributed by atoms with Crippen LogP contribution in [0.25, 0.3) is 0 Å². The zero-order chi connectivity index (χ0) is 21.9. The third-order valence-electron chi connectivity index (χ3n) is 6.33. The van der Waals surface area contributed by atoms with Crippen LogP contribution >= 0.6 is 0 Å². The lowest BCUT2D eigenvalue weighted by atomic mass is 9.76. The van der Waals surface area contributed by atoms with E-state index in [1.807, 2.05) is 0 Å². The van der Waals surface area contributed by atoms with E-state index in [-0.39, 0.29) is 11.2 Å². The molecule has 1 saturated carbocycles. The molecule has 4 rings (SSSR count). The highest BCUT2D eigenvalue weighted by Gasteiger charge is 2.52. The Morgan fingerprint density at radius 2 is 1.40 bits per heavy atom. The zero-order valence-electron chi connectivity index (χ0n) is 17.7. The smallest absolute Gasteiger partial charge is 0.414 e. The van der Waals surface area contributed by atoms with E-state index in [2.05, 4.69) is 80.5 Å². The van der Waals surface area contributed by atoms with Gasteiger partial charge in [-0.1, -0.05) is 54.6 Å². The van der Waals surface area contributed by atoms with Gasteiger partial charge in [0.05, 0.1) is 5.60 Å². The highest BCUT2D eigenvalue weighted by atomic mass is 16.5. The quantitative estimate of drug-likeness (QED) is 0.731. The number of nitrogens with zero attached hydrogens (tertiary/aromatic N) is 1. The maximum Gasteiger partial charge on any atom is 0.414 e. The molecule has 0 amide bonds. The second-order valence-electron chi connectivity index (χ2n) is 8.35. The van der Waals surface area contributed by atoms with E-state index in [1.54, 1.807) is 0 Å². The molecule has 1 unspecified atom stereocenters. The first-order chi connectivity index (χ1) is 14.2. The largest absolute Gasteiger partial charge is 0.473 e. The molecule has 6 heteroatoms. The van der Waals surface area contributed by atoms with Gasteiger partial charge in [-0.2, -0.15) is 0 Å². The van der Waals surface area contributed by atoms with Crippen LogP contribution in [0.3, 0.4) is 0 Å². The summed E-state index contributed by atoms with van der Waals surface area (Å²) in [6.07, 6.45) is 4.61. The fourth-order valence-corrected chi connectivity index (χ4v) is 4.72. The maximum absolute atomic E-state index is 9.10. The summed E-state index contributed by atoms with van der Waals surface area (Å²) in [6, 6.07) is 20.2. The molecule has 2 aliphatic rings. The van der Waals surface area contributed by atoms with Crippen molar-refractivity contribution in [3.8, 4) is 0 Å². The van der Waals surface area contributed by atoms with Crippen molar-refractivity contribution < 1.29 is 24.5 Å². The molecule has 1 fully saturated rings. The molecule has 1 aliphatic heterocycles. The number of carboxylic acid groups (broad SMARTS) is 2. The van der Waals surface area contributed by atoms with Crippen molar-refractivity contribution >= 4 is 11.9 Å².